The fourth-order valence-corrected chi connectivity index (χ4v) is 1.43. The molecule has 4 N–H and O–H groups in total. The molecule has 1 amide bonds. The van der Waals surface area contributed by atoms with Crippen LogP contribution in [0.25, 0.3) is 0 Å². The number of phenolic OH excluding ortho intramolecular Hbond substituents is 2. The van der Waals surface area contributed by atoms with E-state index in [2.05, 4.69) is 5.32 Å². The molecule has 0 spiro atoms. The first kappa shape index (κ1) is 14.3. The van der Waals surface area contributed by atoms with E-state index < -0.39 is 12.0 Å². The van der Waals surface area contributed by atoms with E-state index in [1.165, 1.54) is 25.3 Å². The highest BCUT2D eigenvalue weighted by Crippen LogP contribution is 2.21. The lowest BCUT2D eigenvalue weighted by Gasteiger charge is -2.10. The Morgan fingerprint density at radius 2 is 2.17 bits per heavy atom. The summed E-state index contributed by atoms with van der Waals surface area (Å²) in [7, 11) is 1.48. The number of nitrogens with one attached hydrogen (secondary N) is 1. The van der Waals surface area contributed by atoms with E-state index in [1.807, 2.05) is 0 Å². The maximum atomic E-state index is 11.7. The van der Waals surface area contributed by atoms with Crippen LogP contribution in [0.4, 0.5) is 0 Å². The first-order chi connectivity index (χ1) is 8.54. The summed E-state index contributed by atoms with van der Waals surface area (Å²) in [5.74, 6) is -0.812. The molecule has 1 aromatic carbocycles. The molecule has 1 unspecified atom stereocenters. The molecule has 6 heteroatoms. The molecule has 0 aliphatic heterocycles. The van der Waals surface area contributed by atoms with Crippen LogP contribution in [0, 0.1) is 0 Å². The van der Waals surface area contributed by atoms with Gasteiger partial charge in [-0.1, -0.05) is 0 Å². The van der Waals surface area contributed by atoms with Gasteiger partial charge >= 0.3 is 0 Å². The third-order valence-corrected chi connectivity index (χ3v) is 2.35. The third kappa shape index (κ3) is 4.23. The zero-order valence-electron chi connectivity index (χ0n) is 10.1. The smallest absolute Gasteiger partial charge is 0.255 e. The quantitative estimate of drug-likeness (QED) is 0.545. The van der Waals surface area contributed by atoms with Gasteiger partial charge in [-0.05, 0) is 24.6 Å². The van der Waals surface area contributed by atoms with Crippen LogP contribution in [0.2, 0.25) is 0 Å². The third-order valence-electron chi connectivity index (χ3n) is 2.35. The predicted octanol–water partition coefficient (Wildman–Crippen LogP) is 0.225. The van der Waals surface area contributed by atoms with Crippen LogP contribution < -0.4 is 5.32 Å². The number of carbonyl (C=O) groups excluding carboxylic acids is 1. The molecular formula is C12H17NO5. The number of aromatic hydroxyl groups is 2. The fourth-order valence-electron chi connectivity index (χ4n) is 1.43. The van der Waals surface area contributed by atoms with Crippen molar-refractivity contribution in [2.24, 2.45) is 0 Å². The first-order valence-corrected chi connectivity index (χ1v) is 5.51. The largest absolute Gasteiger partial charge is 0.508 e. The summed E-state index contributed by atoms with van der Waals surface area (Å²) in [5.41, 5.74) is -0.00349. The summed E-state index contributed by atoms with van der Waals surface area (Å²) in [5, 5.41) is 30.6. The Balaban J connectivity index is 2.48. The van der Waals surface area contributed by atoms with Crippen molar-refractivity contribution in [1.29, 1.82) is 0 Å². The molecule has 0 fully saturated rings. The van der Waals surface area contributed by atoms with Crippen molar-refractivity contribution < 1.29 is 24.9 Å². The average Bonchev–Trinajstić information content (AvgIpc) is 2.32. The Kier molecular flexibility index (Phi) is 5.41. The molecule has 1 atom stereocenters. The molecule has 1 rings (SSSR count). The molecule has 100 valence electrons. The topological polar surface area (TPSA) is 99.0 Å². The minimum absolute atomic E-state index is 0.00349. The van der Waals surface area contributed by atoms with Crippen molar-refractivity contribution in [3.8, 4) is 11.5 Å². The highest BCUT2D eigenvalue weighted by Gasteiger charge is 2.12. The van der Waals surface area contributed by atoms with E-state index >= 15 is 0 Å². The standard InChI is InChI=1S/C12H17NO5/c1-18-7-9(15)4-5-13-12(17)10-6-8(14)2-3-11(10)16/h2-3,6,9,14-16H,4-5,7H2,1H3,(H,13,17). The van der Waals surface area contributed by atoms with Gasteiger partial charge in [0.25, 0.3) is 5.91 Å². The number of ether oxygens (including phenoxy) is 1. The lowest BCUT2D eigenvalue weighted by Crippen LogP contribution is -2.28. The number of amides is 1. The van der Waals surface area contributed by atoms with Gasteiger partial charge in [0.1, 0.15) is 11.5 Å². The predicted molar refractivity (Wildman–Crippen MR) is 64.6 cm³/mol. The highest BCUT2D eigenvalue weighted by molar-refractivity contribution is 5.97. The monoisotopic (exact) mass is 255 g/mol. The zero-order chi connectivity index (χ0) is 13.5. The van der Waals surface area contributed by atoms with E-state index in [0.717, 1.165) is 0 Å². The maximum absolute atomic E-state index is 11.7. The number of phenols is 2. The van der Waals surface area contributed by atoms with E-state index in [0.29, 0.717) is 6.42 Å². The lowest BCUT2D eigenvalue weighted by atomic mass is 10.1. The summed E-state index contributed by atoms with van der Waals surface area (Å²) in [6, 6.07) is 3.70. The van der Waals surface area contributed by atoms with Crippen molar-refractivity contribution in [3.05, 3.63) is 23.8 Å². The molecule has 0 aliphatic carbocycles. The summed E-state index contributed by atoms with van der Waals surface area (Å²) in [6.45, 7) is 0.450. The molecular weight excluding hydrogens is 238 g/mol. The zero-order valence-corrected chi connectivity index (χ0v) is 10.1. The molecule has 1 aromatic rings. The van der Waals surface area contributed by atoms with E-state index in [4.69, 9.17) is 4.74 Å². The van der Waals surface area contributed by atoms with Crippen LogP contribution in [-0.4, -0.2) is 47.6 Å². The highest BCUT2D eigenvalue weighted by atomic mass is 16.5. The summed E-state index contributed by atoms with van der Waals surface area (Å²) in [6.07, 6.45) is -0.299. The van der Waals surface area contributed by atoms with Gasteiger partial charge in [0.2, 0.25) is 0 Å². The minimum Gasteiger partial charge on any atom is -0.508 e. The number of hydrogen-bond donors (Lipinski definition) is 4. The van der Waals surface area contributed by atoms with Crippen LogP contribution in [0.3, 0.4) is 0 Å². The Labute approximate surface area is 105 Å². The second-order valence-corrected chi connectivity index (χ2v) is 3.86. The Morgan fingerprint density at radius 3 is 2.83 bits per heavy atom. The van der Waals surface area contributed by atoms with Crippen molar-refractivity contribution in [2.45, 2.75) is 12.5 Å². The second kappa shape index (κ2) is 6.83. The SMILES string of the molecule is COCC(O)CCNC(=O)c1cc(O)ccc1O. The van der Waals surface area contributed by atoms with Gasteiger partial charge in [-0.25, -0.2) is 0 Å². The van der Waals surface area contributed by atoms with Gasteiger partial charge in [-0.15, -0.1) is 0 Å². The van der Waals surface area contributed by atoms with E-state index in [1.54, 1.807) is 0 Å². The van der Waals surface area contributed by atoms with Gasteiger partial charge in [-0.3, -0.25) is 4.79 Å². The number of carbonyl (C=O) groups is 1. The lowest BCUT2D eigenvalue weighted by molar-refractivity contribution is 0.0587. The van der Waals surface area contributed by atoms with Gasteiger partial charge in [-0.2, -0.15) is 0 Å². The molecule has 0 aliphatic rings. The number of aliphatic hydroxyl groups excluding tert-OH is 1. The Hall–Kier alpha value is -1.79. The van der Waals surface area contributed by atoms with Gasteiger partial charge in [0, 0.05) is 13.7 Å². The summed E-state index contributed by atoms with van der Waals surface area (Å²) in [4.78, 5) is 11.7. The van der Waals surface area contributed by atoms with Crippen LogP contribution in [-0.2, 0) is 4.74 Å². The second-order valence-electron chi connectivity index (χ2n) is 3.86. The number of hydrogen-bond acceptors (Lipinski definition) is 5. The number of aliphatic hydroxyl groups is 1. The van der Waals surface area contributed by atoms with Gasteiger partial charge in [0.15, 0.2) is 0 Å². The average molecular weight is 255 g/mol. The molecule has 6 nitrogen and oxygen atoms in total. The molecule has 0 saturated carbocycles. The number of rotatable bonds is 6. The van der Waals surface area contributed by atoms with Crippen LogP contribution in [0.1, 0.15) is 16.8 Å². The number of benzene rings is 1. The fraction of sp³-hybridized carbons (Fsp3) is 0.417. The van der Waals surface area contributed by atoms with Crippen molar-refractivity contribution >= 4 is 5.91 Å². The molecule has 18 heavy (non-hydrogen) atoms. The normalized spacial score (nSPS) is 12.1. The number of methoxy groups -OCH3 is 1. The minimum atomic E-state index is -0.645. The summed E-state index contributed by atoms with van der Waals surface area (Å²) >= 11 is 0. The van der Waals surface area contributed by atoms with E-state index in [-0.39, 0.29) is 30.2 Å². The first-order valence-electron chi connectivity index (χ1n) is 5.51. The Morgan fingerprint density at radius 1 is 1.44 bits per heavy atom. The maximum Gasteiger partial charge on any atom is 0.255 e. The van der Waals surface area contributed by atoms with Crippen LogP contribution >= 0.6 is 0 Å². The van der Waals surface area contributed by atoms with Crippen LogP contribution in [0.5, 0.6) is 11.5 Å². The van der Waals surface area contributed by atoms with Crippen molar-refractivity contribution in [1.82, 2.24) is 5.32 Å². The Bertz CT molecular complexity index is 407. The molecule has 0 saturated heterocycles. The molecule has 0 bridgehead atoms. The van der Waals surface area contributed by atoms with Gasteiger partial charge in [0.05, 0.1) is 18.3 Å². The summed E-state index contributed by atoms with van der Waals surface area (Å²) < 4.78 is 4.74. The van der Waals surface area contributed by atoms with Crippen LogP contribution in [0.15, 0.2) is 18.2 Å². The molecule has 0 radical (unpaired) electrons. The van der Waals surface area contributed by atoms with E-state index in [9.17, 15) is 20.1 Å². The van der Waals surface area contributed by atoms with Crippen molar-refractivity contribution in [2.75, 3.05) is 20.3 Å². The van der Waals surface area contributed by atoms with Gasteiger partial charge < -0.3 is 25.4 Å². The molecule has 0 heterocycles. The molecule has 0 aromatic heterocycles. The van der Waals surface area contributed by atoms with Crippen molar-refractivity contribution in [3.63, 3.8) is 0 Å².